The Morgan fingerprint density at radius 2 is 1.62 bits per heavy atom. The molecule has 0 aliphatic rings. The third kappa shape index (κ3) is 4.27. The molecular weight excluding hydrogens is 397 g/mol. The molecule has 2 heterocycles. The molecule has 4 rings (SSSR count). The Morgan fingerprint density at radius 3 is 2.25 bits per heavy atom. The topological polar surface area (TPSA) is 31.9 Å². The number of halogens is 1. The van der Waals surface area contributed by atoms with Crippen molar-refractivity contribution in [3.63, 3.8) is 0 Å². The first-order valence-electron chi connectivity index (χ1n) is 11.2. The lowest BCUT2D eigenvalue weighted by molar-refractivity contribution is 0.589. The van der Waals surface area contributed by atoms with Crippen molar-refractivity contribution in [1.82, 2.24) is 9.97 Å². The van der Waals surface area contributed by atoms with Crippen molar-refractivity contribution in [2.45, 2.75) is 52.5 Å². The van der Waals surface area contributed by atoms with Gasteiger partial charge in [0, 0.05) is 30.0 Å². The van der Waals surface area contributed by atoms with E-state index in [1.165, 1.54) is 34.2 Å². The van der Waals surface area contributed by atoms with E-state index in [0.717, 1.165) is 29.0 Å². The lowest BCUT2D eigenvalue weighted by Crippen LogP contribution is -2.27. The van der Waals surface area contributed by atoms with Gasteiger partial charge in [0.25, 0.3) is 0 Å². The summed E-state index contributed by atoms with van der Waals surface area (Å²) in [5.74, 6) is -0.229. The first-order valence-corrected chi connectivity index (χ1v) is 11.2. The lowest BCUT2D eigenvalue weighted by Gasteiger charge is -2.30. The molecular formula is C28H32FN3. The molecule has 0 radical (unpaired) electrons. The van der Waals surface area contributed by atoms with Gasteiger partial charge in [-0.15, -0.1) is 0 Å². The van der Waals surface area contributed by atoms with Gasteiger partial charge < -0.3 is 9.88 Å². The number of aromatic nitrogens is 2. The molecule has 1 atom stereocenters. The van der Waals surface area contributed by atoms with Gasteiger partial charge in [-0.2, -0.15) is 0 Å². The highest BCUT2D eigenvalue weighted by Crippen LogP contribution is 2.34. The molecule has 0 saturated carbocycles. The standard InChI is InChI=1S/C28H32FN3/c1-18-19(2)31-26-24(18)15-16-30-27(26)25(32(6)23-13-11-22(29)12-14-23)17-20-7-9-21(10-8-20)28(3,4)5/h7-16,25,31H,17H2,1-6H3. The second-order valence-electron chi connectivity index (χ2n) is 9.75. The molecule has 0 amide bonds. The normalized spacial score (nSPS) is 12.8. The summed E-state index contributed by atoms with van der Waals surface area (Å²) in [6, 6.07) is 17.6. The van der Waals surface area contributed by atoms with E-state index in [1.807, 2.05) is 18.3 Å². The predicted molar refractivity (Wildman–Crippen MR) is 132 cm³/mol. The Kier molecular flexibility index (Phi) is 5.81. The minimum absolute atomic E-state index is 0.0119. The van der Waals surface area contributed by atoms with Gasteiger partial charge in [-0.3, -0.25) is 4.98 Å². The Hall–Kier alpha value is -3.14. The number of anilines is 1. The monoisotopic (exact) mass is 429 g/mol. The average molecular weight is 430 g/mol. The summed E-state index contributed by atoms with van der Waals surface area (Å²) < 4.78 is 13.6. The summed E-state index contributed by atoms with van der Waals surface area (Å²) in [5, 5.41) is 1.20. The molecule has 0 bridgehead atoms. The van der Waals surface area contributed by atoms with E-state index in [1.54, 1.807) is 0 Å². The molecule has 166 valence electrons. The summed E-state index contributed by atoms with van der Waals surface area (Å²) in [6.45, 7) is 10.9. The number of benzene rings is 2. The Morgan fingerprint density at radius 1 is 0.969 bits per heavy atom. The van der Waals surface area contributed by atoms with Crippen LogP contribution in [0.25, 0.3) is 10.9 Å². The van der Waals surface area contributed by atoms with E-state index in [0.29, 0.717) is 0 Å². The van der Waals surface area contributed by atoms with Crippen LogP contribution in [0.15, 0.2) is 60.8 Å². The number of nitrogens with one attached hydrogen (secondary N) is 1. The number of rotatable bonds is 5. The zero-order chi connectivity index (χ0) is 23.0. The molecule has 4 heteroatoms. The van der Waals surface area contributed by atoms with Gasteiger partial charge in [0.2, 0.25) is 0 Å². The number of aryl methyl sites for hydroxylation is 2. The van der Waals surface area contributed by atoms with Crippen molar-refractivity contribution in [3.05, 3.63) is 94.7 Å². The molecule has 0 spiro atoms. The zero-order valence-corrected chi connectivity index (χ0v) is 19.8. The smallest absolute Gasteiger partial charge is 0.123 e. The van der Waals surface area contributed by atoms with Gasteiger partial charge in [0.15, 0.2) is 0 Å². The van der Waals surface area contributed by atoms with E-state index in [2.05, 4.69) is 81.9 Å². The number of likely N-dealkylation sites (N-methyl/N-ethyl adjacent to an activating group) is 1. The van der Waals surface area contributed by atoms with Crippen LogP contribution in [-0.2, 0) is 11.8 Å². The molecule has 0 aliphatic heterocycles. The predicted octanol–water partition coefficient (Wildman–Crippen LogP) is 7.04. The Balaban J connectivity index is 1.79. The number of aromatic amines is 1. The molecule has 32 heavy (non-hydrogen) atoms. The molecule has 1 N–H and O–H groups in total. The fourth-order valence-electron chi connectivity index (χ4n) is 4.30. The van der Waals surface area contributed by atoms with Crippen LogP contribution < -0.4 is 4.90 Å². The summed E-state index contributed by atoms with van der Waals surface area (Å²) in [6.07, 6.45) is 2.69. The van der Waals surface area contributed by atoms with E-state index in [-0.39, 0.29) is 17.3 Å². The number of hydrogen-bond acceptors (Lipinski definition) is 2. The fourth-order valence-corrected chi connectivity index (χ4v) is 4.30. The molecule has 4 aromatic rings. The summed E-state index contributed by atoms with van der Waals surface area (Å²) >= 11 is 0. The SMILES string of the molecule is Cc1[nH]c2c(C(Cc3ccc(C(C)(C)C)cc3)N(C)c3ccc(F)cc3)nccc2c1C. The molecule has 1 unspecified atom stereocenters. The van der Waals surface area contributed by atoms with E-state index in [4.69, 9.17) is 4.98 Å². The van der Waals surface area contributed by atoms with Crippen molar-refractivity contribution in [2.24, 2.45) is 0 Å². The van der Waals surface area contributed by atoms with Crippen LogP contribution in [0.2, 0.25) is 0 Å². The number of H-pyrrole nitrogens is 1. The molecule has 0 aliphatic carbocycles. The van der Waals surface area contributed by atoms with E-state index < -0.39 is 0 Å². The van der Waals surface area contributed by atoms with Crippen LogP contribution in [0.4, 0.5) is 10.1 Å². The summed E-state index contributed by atoms with van der Waals surface area (Å²) in [5.41, 5.74) is 8.14. The van der Waals surface area contributed by atoms with Crippen LogP contribution >= 0.6 is 0 Å². The van der Waals surface area contributed by atoms with Crippen LogP contribution in [0.1, 0.15) is 54.9 Å². The number of hydrogen-bond donors (Lipinski definition) is 1. The van der Waals surface area contributed by atoms with Crippen molar-refractivity contribution in [1.29, 1.82) is 0 Å². The first kappa shape index (κ1) is 22.1. The largest absolute Gasteiger partial charge is 0.366 e. The van der Waals surface area contributed by atoms with Crippen LogP contribution in [0, 0.1) is 19.7 Å². The number of fused-ring (bicyclic) bond motifs is 1. The third-order valence-electron chi connectivity index (χ3n) is 6.53. The highest BCUT2D eigenvalue weighted by molar-refractivity contribution is 5.86. The van der Waals surface area contributed by atoms with Crippen LogP contribution in [0.5, 0.6) is 0 Å². The maximum atomic E-state index is 13.6. The molecule has 2 aromatic carbocycles. The molecule has 2 aromatic heterocycles. The highest BCUT2D eigenvalue weighted by Gasteiger charge is 2.24. The van der Waals surface area contributed by atoms with Gasteiger partial charge >= 0.3 is 0 Å². The fraction of sp³-hybridized carbons (Fsp3) is 0.321. The van der Waals surface area contributed by atoms with E-state index in [9.17, 15) is 4.39 Å². The van der Waals surface area contributed by atoms with Gasteiger partial charge in [-0.05, 0) is 72.7 Å². The second kappa shape index (κ2) is 8.42. The minimum Gasteiger partial charge on any atom is -0.366 e. The van der Waals surface area contributed by atoms with Gasteiger partial charge in [0.05, 0.1) is 17.3 Å². The maximum Gasteiger partial charge on any atom is 0.123 e. The summed E-state index contributed by atoms with van der Waals surface area (Å²) in [7, 11) is 2.06. The lowest BCUT2D eigenvalue weighted by atomic mass is 9.86. The quantitative estimate of drug-likeness (QED) is 0.369. The molecule has 3 nitrogen and oxygen atoms in total. The molecule has 0 fully saturated rings. The van der Waals surface area contributed by atoms with Gasteiger partial charge in [-0.1, -0.05) is 45.0 Å². The van der Waals surface area contributed by atoms with Crippen molar-refractivity contribution >= 4 is 16.6 Å². The first-order chi connectivity index (χ1) is 15.1. The van der Waals surface area contributed by atoms with Crippen molar-refractivity contribution in [2.75, 3.05) is 11.9 Å². The van der Waals surface area contributed by atoms with Crippen LogP contribution in [0.3, 0.4) is 0 Å². The highest BCUT2D eigenvalue weighted by atomic mass is 19.1. The third-order valence-corrected chi connectivity index (χ3v) is 6.53. The van der Waals surface area contributed by atoms with Gasteiger partial charge in [0.1, 0.15) is 5.82 Å². The maximum absolute atomic E-state index is 13.6. The van der Waals surface area contributed by atoms with Crippen LogP contribution in [-0.4, -0.2) is 17.0 Å². The minimum atomic E-state index is -0.229. The van der Waals surface area contributed by atoms with E-state index >= 15 is 0 Å². The van der Waals surface area contributed by atoms with Crippen molar-refractivity contribution < 1.29 is 4.39 Å². The number of pyridine rings is 1. The van der Waals surface area contributed by atoms with Crippen molar-refractivity contribution in [3.8, 4) is 0 Å². The number of nitrogens with zero attached hydrogens (tertiary/aromatic N) is 2. The zero-order valence-electron chi connectivity index (χ0n) is 19.8. The summed E-state index contributed by atoms with van der Waals surface area (Å²) in [4.78, 5) is 10.6. The van der Waals surface area contributed by atoms with Gasteiger partial charge in [-0.25, -0.2) is 4.39 Å². The molecule has 0 saturated heterocycles. The Bertz CT molecular complexity index is 1210. The average Bonchev–Trinajstić information content (AvgIpc) is 3.06. The second-order valence-corrected chi connectivity index (χ2v) is 9.75. The Labute approximate surface area is 190 Å².